The summed E-state index contributed by atoms with van der Waals surface area (Å²) in [5, 5.41) is 0. The van der Waals surface area contributed by atoms with E-state index >= 15 is 0 Å². The van der Waals surface area contributed by atoms with Gasteiger partial charge in [-0.15, -0.1) is 0 Å². The fourth-order valence-electron chi connectivity index (χ4n) is 2.74. The molecule has 0 spiro atoms. The maximum atomic E-state index is 5.98. The van der Waals surface area contributed by atoms with E-state index < -0.39 is 0 Å². The molecular weight excluding hydrogens is 222 g/mol. The van der Waals surface area contributed by atoms with Crippen molar-refractivity contribution in [2.75, 3.05) is 33.7 Å². The maximum Gasteiger partial charge on any atom is 0.0464 e. The zero-order valence-electron chi connectivity index (χ0n) is 11.8. The molecule has 0 saturated carbocycles. The van der Waals surface area contributed by atoms with Crippen molar-refractivity contribution in [1.29, 1.82) is 0 Å². The van der Waals surface area contributed by atoms with Crippen molar-refractivity contribution in [3.8, 4) is 0 Å². The molecular formula is C15H25N3. The minimum absolute atomic E-state index is 0.171. The zero-order chi connectivity index (χ0) is 13.2. The molecule has 2 N–H and O–H groups in total. The molecule has 0 aliphatic carbocycles. The third kappa shape index (κ3) is 2.74. The van der Waals surface area contributed by atoms with E-state index in [4.69, 9.17) is 5.73 Å². The highest BCUT2D eigenvalue weighted by Gasteiger charge is 2.38. The van der Waals surface area contributed by atoms with E-state index in [1.54, 1.807) is 0 Å². The second-order valence-corrected chi connectivity index (χ2v) is 5.77. The summed E-state index contributed by atoms with van der Waals surface area (Å²) >= 11 is 0. The molecule has 0 aromatic heterocycles. The quantitative estimate of drug-likeness (QED) is 0.874. The molecule has 3 heteroatoms. The average Bonchev–Trinajstić information content (AvgIpc) is 2.77. The van der Waals surface area contributed by atoms with Crippen molar-refractivity contribution in [1.82, 2.24) is 9.80 Å². The molecule has 1 saturated heterocycles. The van der Waals surface area contributed by atoms with E-state index in [-0.39, 0.29) is 5.54 Å². The van der Waals surface area contributed by atoms with Crippen molar-refractivity contribution >= 4 is 0 Å². The van der Waals surface area contributed by atoms with Gasteiger partial charge in [0.05, 0.1) is 0 Å². The lowest BCUT2D eigenvalue weighted by Gasteiger charge is -2.35. The van der Waals surface area contributed by atoms with Crippen molar-refractivity contribution in [3.05, 3.63) is 35.4 Å². The maximum absolute atomic E-state index is 5.98. The molecule has 1 aromatic rings. The van der Waals surface area contributed by atoms with E-state index in [2.05, 4.69) is 55.1 Å². The Morgan fingerprint density at radius 2 is 1.94 bits per heavy atom. The lowest BCUT2D eigenvalue weighted by Crippen LogP contribution is -2.52. The van der Waals surface area contributed by atoms with Crippen LogP contribution in [-0.4, -0.2) is 49.1 Å². The summed E-state index contributed by atoms with van der Waals surface area (Å²) in [6, 6.07) is 8.84. The highest BCUT2D eigenvalue weighted by atomic mass is 15.3. The SMILES string of the molecule is Cc1ccc(CN2CCC(CN)(N(C)C)C2)cc1. The summed E-state index contributed by atoms with van der Waals surface area (Å²) in [5.74, 6) is 0. The summed E-state index contributed by atoms with van der Waals surface area (Å²) in [6.07, 6.45) is 1.17. The summed E-state index contributed by atoms with van der Waals surface area (Å²) in [6.45, 7) is 6.12. The van der Waals surface area contributed by atoms with Gasteiger partial charge in [-0.05, 0) is 33.0 Å². The Labute approximate surface area is 111 Å². The Balaban J connectivity index is 1.99. The standard InChI is InChI=1S/C15H25N3/c1-13-4-6-14(7-5-13)10-18-9-8-15(11-16,12-18)17(2)3/h4-7H,8-12,16H2,1-3H3. The molecule has 3 nitrogen and oxygen atoms in total. The third-order valence-corrected chi connectivity index (χ3v) is 4.27. The monoisotopic (exact) mass is 247 g/mol. The van der Waals surface area contributed by atoms with Gasteiger partial charge in [-0.25, -0.2) is 0 Å². The average molecular weight is 247 g/mol. The van der Waals surface area contributed by atoms with E-state index in [1.165, 1.54) is 17.5 Å². The predicted molar refractivity (Wildman–Crippen MR) is 76.5 cm³/mol. The van der Waals surface area contributed by atoms with Crippen LogP contribution < -0.4 is 5.73 Å². The number of benzene rings is 1. The highest BCUT2D eigenvalue weighted by Crippen LogP contribution is 2.26. The Kier molecular flexibility index (Phi) is 4.05. The number of hydrogen-bond acceptors (Lipinski definition) is 3. The summed E-state index contributed by atoms with van der Waals surface area (Å²) in [5.41, 5.74) is 8.87. The lowest BCUT2D eigenvalue weighted by molar-refractivity contribution is 0.159. The fraction of sp³-hybridized carbons (Fsp3) is 0.600. The molecule has 0 amide bonds. The number of nitrogens with two attached hydrogens (primary N) is 1. The summed E-state index contributed by atoms with van der Waals surface area (Å²) in [7, 11) is 4.28. The Hall–Kier alpha value is -0.900. The number of likely N-dealkylation sites (N-methyl/N-ethyl adjacent to an activating group) is 1. The van der Waals surface area contributed by atoms with Crippen LogP contribution in [0.1, 0.15) is 17.5 Å². The van der Waals surface area contributed by atoms with Gasteiger partial charge >= 0.3 is 0 Å². The molecule has 0 radical (unpaired) electrons. The number of rotatable bonds is 4. The van der Waals surface area contributed by atoms with Crippen LogP contribution in [0.2, 0.25) is 0 Å². The number of nitrogens with zero attached hydrogens (tertiary/aromatic N) is 2. The van der Waals surface area contributed by atoms with Gasteiger partial charge in [-0.2, -0.15) is 0 Å². The van der Waals surface area contributed by atoms with Gasteiger partial charge in [0, 0.05) is 31.7 Å². The second kappa shape index (κ2) is 5.39. The molecule has 1 aliphatic heterocycles. The lowest BCUT2D eigenvalue weighted by atomic mass is 9.97. The Morgan fingerprint density at radius 3 is 2.44 bits per heavy atom. The van der Waals surface area contributed by atoms with Crippen LogP contribution in [0.15, 0.2) is 24.3 Å². The van der Waals surface area contributed by atoms with Gasteiger partial charge < -0.3 is 10.6 Å². The number of hydrogen-bond donors (Lipinski definition) is 1. The van der Waals surface area contributed by atoms with E-state index in [0.717, 1.165) is 26.2 Å². The molecule has 1 heterocycles. The Morgan fingerprint density at radius 1 is 1.28 bits per heavy atom. The molecule has 2 rings (SSSR count). The first-order chi connectivity index (χ1) is 8.55. The molecule has 1 aromatic carbocycles. The van der Waals surface area contributed by atoms with Gasteiger partial charge in [0.2, 0.25) is 0 Å². The molecule has 1 aliphatic rings. The van der Waals surface area contributed by atoms with Gasteiger partial charge in [-0.3, -0.25) is 4.90 Å². The van der Waals surface area contributed by atoms with Crippen molar-refractivity contribution < 1.29 is 0 Å². The van der Waals surface area contributed by atoms with Crippen LogP contribution in [-0.2, 0) is 6.54 Å². The van der Waals surface area contributed by atoms with Gasteiger partial charge in [0.15, 0.2) is 0 Å². The van der Waals surface area contributed by atoms with Crippen molar-refractivity contribution in [2.45, 2.75) is 25.4 Å². The summed E-state index contributed by atoms with van der Waals surface area (Å²) in [4.78, 5) is 4.81. The van der Waals surface area contributed by atoms with E-state index in [0.29, 0.717) is 0 Å². The first-order valence-corrected chi connectivity index (χ1v) is 6.71. The topological polar surface area (TPSA) is 32.5 Å². The highest BCUT2D eigenvalue weighted by molar-refractivity contribution is 5.21. The molecule has 0 bridgehead atoms. The first-order valence-electron chi connectivity index (χ1n) is 6.71. The number of likely N-dealkylation sites (tertiary alicyclic amines) is 1. The molecule has 100 valence electrons. The molecule has 1 unspecified atom stereocenters. The van der Waals surface area contributed by atoms with Gasteiger partial charge in [0.1, 0.15) is 0 Å². The van der Waals surface area contributed by atoms with E-state index in [9.17, 15) is 0 Å². The zero-order valence-corrected chi connectivity index (χ0v) is 11.8. The van der Waals surface area contributed by atoms with Crippen molar-refractivity contribution in [2.24, 2.45) is 5.73 Å². The smallest absolute Gasteiger partial charge is 0.0464 e. The minimum atomic E-state index is 0.171. The van der Waals surface area contributed by atoms with Crippen LogP contribution in [0, 0.1) is 6.92 Å². The van der Waals surface area contributed by atoms with Crippen LogP contribution in [0.5, 0.6) is 0 Å². The fourth-order valence-corrected chi connectivity index (χ4v) is 2.74. The van der Waals surface area contributed by atoms with Crippen LogP contribution >= 0.6 is 0 Å². The van der Waals surface area contributed by atoms with Gasteiger partial charge in [-0.1, -0.05) is 29.8 Å². The predicted octanol–water partition coefficient (Wildman–Crippen LogP) is 1.46. The Bertz CT molecular complexity index is 385. The van der Waals surface area contributed by atoms with Crippen molar-refractivity contribution in [3.63, 3.8) is 0 Å². The third-order valence-electron chi connectivity index (χ3n) is 4.27. The molecule has 1 fully saturated rings. The normalized spacial score (nSPS) is 24.9. The second-order valence-electron chi connectivity index (χ2n) is 5.77. The largest absolute Gasteiger partial charge is 0.329 e. The van der Waals surface area contributed by atoms with Crippen LogP contribution in [0.25, 0.3) is 0 Å². The molecule has 1 atom stereocenters. The minimum Gasteiger partial charge on any atom is -0.329 e. The first kappa shape index (κ1) is 13.5. The molecule has 18 heavy (non-hydrogen) atoms. The van der Waals surface area contributed by atoms with Crippen LogP contribution in [0.3, 0.4) is 0 Å². The summed E-state index contributed by atoms with van der Waals surface area (Å²) < 4.78 is 0. The number of aryl methyl sites for hydroxylation is 1. The van der Waals surface area contributed by atoms with Gasteiger partial charge in [0.25, 0.3) is 0 Å². The van der Waals surface area contributed by atoms with E-state index in [1.807, 2.05) is 0 Å². The van der Waals surface area contributed by atoms with Crippen LogP contribution in [0.4, 0.5) is 0 Å².